The Labute approximate surface area is 138 Å². The molecule has 0 fully saturated rings. The molecule has 0 aliphatic carbocycles. The average Bonchev–Trinajstić information content (AvgIpc) is 3.05. The number of aromatic nitrogens is 2. The monoisotopic (exact) mass is 330 g/mol. The standard InChI is InChI=1S/C17H15ClN2O3/c1-11-6-7-14(18)15(8-11)22-10-16-19-20-17(23-16)12-4-3-5-13(9-12)21-2/h3-9H,10H2,1-2H3. The van der Waals surface area contributed by atoms with E-state index < -0.39 is 0 Å². The number of rotatable bonds is 5. The molecule has 0 aliphatic heterocycles. The van der Waals surface area contributed by atoms with Crippen molar-refractivity contribution in [2.24, 2.45) is 0 Å². The molecule has 0 saturated heterocycles. The lowest BCUT2D eigenvalue weighted by Gasteiger charge is -2.06. The molecule has 0 bridgehead atoms. The Kier molecular flexibility index (Phi) is 4.48. The number of ether oxygens (including phenoxy) is 2. The minimum absolute atomic E-state index is 0.153. The quantitative estimate of drug-likeness (QED) is 0.698. The van der Waals surface area contributed by atoms with Crippen molar-refractivity contribution in [3.05, 3.63) is 58.9 Å². The predicted molar refractivity (Wildman–Crippen MR) is 86.8 cm³/mol. The van der Waals surface area contributed by atoms with Gasteiger partial charge in [0.2, 0.25) is 5.89 Å². The summed E-state index contributed by atoms with van der Waals surface area (Å²) in [4.78, 5) is 0. The van der Waals surface area contributed by atoms with Crippen LogP contribution in [0, 0.1) is 6.92 Å². The van der Waals surface area contributed by atoms with Crippen molar-refractivity contribution < 1.29 is 13.9 Å². The smallest absolute Gasteiger partial charge is 0.254 e. The number of benzene rings is 2. The first-order chi connectivity index (χ1) is 11.2. The first kappa shape index (κ1) is 15.4. The van der Waals surface area contributed by atoms with Gasteiger partial charge in [-0.3, -0.25) is 0 Å². The first-order valence-corrected chi connectivity index (χ1v) is 7.39. The summed E-state index contributed by atoms with van der Waals surface area (Å²) in [5.41, 5.74) is 1.85. The molecule has 0 N–H and O–H groups in total. The lowest BCUT2D eigenvalue weighted by Crippen LogP contribution is -1.96. The highest BCUT2D eigenvalue weighted by Crippen LogP contribution is 2.27. The van der Waals surface area contributed by atoms with Crippen molar-refractivity contribution in [3.8, 4) is 23.0 Å². The third-order valence-electron chi connectivity index (χ3n) is 3.22. The maximum Gasteiger partial charge on any atom is 0.254 e. The molecule has 23 heavy (non-hydrogen) atoms. The van der Waals surface area contributed by atoms with Gasteiger partial charge in [0, 0.05) is 5.56 Å². The molecule has 0 atom stereocenters. The summed E-state index contributed by atoms with van der Waals surface area (Å²) in [5, 5.41) is 8.56. The molecule has 0 aliphatic rings. The first-order valence-electron chi connectivity index (χ1n) is 7.01. The van der Waals surface area contributed by atoms with Gasteiger partial charge in [0.15, 0.2) is 6.61 Å². The van der Waals surface area contributed by atoms with Crippen LogP contribution in [0.25, 0.3) is 11.5 Å². The Bertz CT molecular complexity index is 817. The summed E-state index contributed by atoms with van der Waals surface area (Å²) in [6, 6.07) is 13.0. The predicted octanol–water partition coefficient (Wildman–Crippen LogP) is 4.29. The maximum absolute atomic E-state index is 6.09. The van der Waals surface area contributed by atoms with E-state index in [2.05, 4.69) is 10.2 Å². The van der Waals surface area contributed by atoms with Crippen LogP contribution >= 0.6 is 11.6 Å². The van der Waals surface area contributed by atoms with E-state index in [1.807, 2.05) is 43.3 Å². The Morgan fingerprint density at radius 2 is 2.00 bits per heavy atom. The topological polar surface area (TPSA) is 57.4 Å². The largest absolute Gasteiger partial charge is 0.497 e. The summed E-state index contributed by atoms with van der Waals surface area (Å²) in [5.74, 6) is 2.11. The number of aryl methyl sites for hydroxylation is 1. The van der Waals surface area contributed by atoms with Crippen LogP contribution in [0.4, 0.5) is 0 Å². The third kappa shape index (κ3) is 3.63. The normalized spacial score (nSPS) is 10.6. The molecule has 3 rings (SSSR count). The second-order valence-corrected chi connectivity index (χ2v) is 5.36. The lowest BCUT2D eigenvalue weighted by atomic mass is 10.2. The molecule has 0 spiro atoms. The van der Waals surface area contributed by atoms with Crippen LogP contribution in [0.1, 0.15) is 11.5 Å². The van der Waals surface area contributed by atoms with Gasteiger partial charge in [-0.25, -0.2) is 0 Å². The molecule has 0 unspecified atom stereocenters. The fraction of sp³-hybridized carbons (Fsp3) is 0.176. The second kappa shape index (κ2) is 6.71. The van der Waals surface area contributed by atoms with Gasteiger partial charge in [-0.2, -0.15) is 0 Å². The van der Waals surface area contributed by atoms with E-state index in [9.17, 15) is 0 Å². The average molecular weight is 331 g/mol. The van der Waals surface area contributed by atoms with Crippen LogP contribution in [-0.4, -0.2) is 17.3 Å². The summed E-state index contributed by atoms with van der Waals surface area (Å²) < 4.78 is 16.4. The van der Waals surface area contributed by atoms with Crippen LogP contribution in [0.2, 0.25) is 5.02 Å². The van der Waals surface area contributed by atoms with Gasteiger partial charge in [0.05, 0.1) is 12.1 Å². The Balaban J connectivity index is 1.73. The minimum atomic E-state index is 0.153. The number of hydrogen-bond acceptors (Lipinski definition) is 5. The van der Waals surface area contributed by atoms with E-state index in [0.29, 0.717) is 22.6 Å². The van der Waals surface area contributed by atoms with Gasteiger partial charge >= 0.3 is 0 Å². The van der Waals surface area contributed by atoms with Gasteiger partial charge < -0.3 is 13.9 Å². The SMILES string of the molecule is COc1cccc(-c2nnc(COc3cc(C)ccc3Cl)o2)c1. The van der Waals surface area contributed by atoms with Gasteiger partial charge in [-0.1, -0.05) is 23.7 Å². The second-order valence-electron chi connectivity index (χ2n) is 4.96. The fourth-order valence-electron chi connectivity index (χ4n) is 2.05. The van der Waals surface area contributed by atoms with E-state index in [0.717, 1.165) is 16.9 Å². The molecule has 0 amide bonds. The van der Waals surface area contributed by atoms with E-state index >= 15 is 0 Å². The van der Waals surface area contributed by atoms with Crippen molar-refractivity contribution in [1.29, 1.82) is 0 Å². The van der Waals surface area contributed by atoms with E-state index in [-0.39, 0.29) is 6.61 Å². The molecule has 6 heteroatoms. The Morgan fingerprint density at radius 3 is 2.83 bits per heavy atom. The van der Waals surface area contributed by atoms with E-state index in [1.165, 1.54) is 0 Å². The fourth-order valence-corrected chi connectivity index (χ4v) is 2.22. The minimum Gasteiger partial charge on any atom is -0.497 e. The van der Waals surface area contributed by atoms with Gasteiger partial charge in [0.25, 0.3) is 5.89 Å². The third-order valence-corrected chi connectivity index (χ3v) is 3.53. The number of halogens is 1. The maximum atomic E-state index is 6.09. The van der Waals surface area contributed by atoms with Crippen LogP contribution in [-0.2, 0) is 6.61 Å². The van der Waals surface area contributed by atoms with Gasteiger partial charge in [-0.05, 0) is 42.8 Å². The van der Waals surface area contributed by atoms with Crippen molar-refractivity contribution in [2.45, 2.75) is 13.5 Å². The molecule has 1 aromatic heterocycles. The number of hydrogen-bond donors (Lipinski definition) is 0. The summed E-state index contributed by atoms with van der Waals surface area (Å²) in [7, 11) is 1.61. The molecule has 5 nitrogen and oxygen atoms in total. The number of methoxy groups -OCH3 is 1. The summed E-state index contributed by atoms with van der Waals surface area (Å²) in [6.45, 7) is 2.12. The lowest BCUT2D eigenvalue weighted by molar-refractivity contribution is 0.264. The van der Waals surface area contributed by atoms with E-state index in [4.69, 9.17) is 25.5 Å². The van der Waals surface area contributed by atoms with Crippen LogP contribution < -0.4 is 9.47 Å². The number of nitrogens with zero attached hydrogens (tertiary/aromatic N) is 2. The molecule has 0 radical (unpaired) electrons. The summed E-state index contributed by atoms with van der Waals surface area (Å²) in [6.07, 6.45) is 0. The molecule has 3 aromatic rings. The Hall–Kier alpha value is -2.53. The molecule has 118 valence electrons. The van der Waals surface area contributed by atoms with Crippen LogP contribution in [0.3, 0.4) is 0 Å². The van der Waals surface area contributed by atoms with Crippen molar-refractivity contribution in [1.82, 2.24) is 10.2 Å². The van der Waals surface area contributed by atoms with E-state index in [1.54, 1.807) is 13.2 Å². The molecular weight excluding hydrogens is 316 g/mol. The zero-order chi connectivity index (χ0) is 16.2. The molecule has 0 saturated carbocycles. The zero-order valence-corrected chi connectivity index (χ0v) is 13.5. The highest BCUT2D eigenvalue weighted by Gasteiger charge is 2.11. The van der Waals surface area contributed by atoms with Gasteiger partial charge in [-0.15, -0.1) is 10.2 Å². The summed E-state index contributed by atoms with van der Waals surface area (Å²) >= 11 is 6.09. The molecule has 1 heterocycles. The van der Waals surface area contributed by atoms with Crippen molar-refractivity contribution in [3.63, 3.8) is 0 Å². The van der Waals surface area contributed by atoms with Crippen LogP contribution in [0.15, 0.2) is 46.9 Å². The zero-order valence-electron chi connectivity index (χ0n) is 12.7. The van der Waals surface area contributed by atoms with Crippen molar-refractivity contribution >= 4 is 11.6 Å². The molecule has 2 aromatic carbocycles. The highest BCUT2D eigenvalue weighted by molar-refractivity contribution is 6.32. The highest BCUT2D eigenvalue weighted by atomic mass is 35.5. The van der Waals surface area contributed by atoms with Crippen molar-refractivity contribution in [2.75, 3.05) is 7.11 Å². The van der Waals surface area contributed by atoms with Gasteiger partial charge in [0.1, 0.15) is 11.5 Å². The Morgan fingerprint density at radius 1 is 1.13 bits per heavy atom. The molecular formula is C17H15ClN2O3. The van der Waals surface area contributed by atoms with Crippen LogP contribution in [0.5, 0.6) is 11.5 Å².